The van der Waals surface area contributed by atoms with Crippen LogP contribution in [-0.4, -0.2) is 0 Å². The fraction of sp³-hybridized carbons (Fsp3) is 1.00. The van der Waals surface area contributed by atoms with Gasteiger partial charge >= 0.3 is 0 Å². The first-order valence-electron chi connectivity index (χ1n) is 8.62. The molecule has 0 radical (unpaired) electrons. The molecule has 0 nitrogen and oxygen atoms in total. The molecule has 0 aliphatic heterocycles. The zero-order valence-corrected chi connectivity index (χ0v) is 14.3. The highest BCUT2D eigenvalue weighted by atomic mass is 14.5. The van der Waals surface area contributed by atoms with Gasteiger partial charge in [-0.25, -0.2) is 0 Å². The lowest BCUT2D eigenvalue weighted by molar-refractivity contribution is 0.0232. The van der Waals surface area contributed by atoms with Crippen molar-refractivity contribution < 1.29 is 0 Å². The van der Waals surface area contributed by atoms with Crippen molar-refractivity contribution in [2.45, 2.75) is 92.9 Å². The SMILES string of the molecule is CC(C)(C)C1CCC2(CC1)CCC(C(C)(C)C)CC2. The molecule has 19 heavy (non-hydrogen) atoms. The van der Waals surface area contributed by atoms with Crippen LogP contribution in [0.25, 0.3) is 0 Å². The average Bonchev–Trinajstić information content (AvgIpc) is 2.27. The fourth-order valence-corrected chi connectivity index (χ4v) is 4.69. The summed E-state index contributed by atoms with van der Waals surface area (Å²) in [6, 6.07) is 0. The van der Waals surface area contributed by atoms with Gasteiger partial charge in [0.05, 0.1) is 0 Å². The first-order valence-corrected chi connectivity index (χ1v) is 8.62. The minimum absolute atomic E-state index is 0.532. The van der Waals surface area contributed by atoms with Crippen molar-refractivity contribution in [3.8, 4) is 0 Å². The Bertz CT molecular complexity index is 247. The summed E-state index contributed by atoms with van der Waals surface area (Å²) in [7, 11) is 0. The zero-order chi connectivity index (χ0) is 14.3. The van der Waals surface area contributed by atoms with Crippen LogP contribution in [0.2, 0.25) is 0 Å². The van der Waals surface area contributed by atoms with Crippen molar-refractivity contribution in [1.29, 1.82) is 0 Å². The van der Waals surface area contributed by atoms with Gasteiger partial charge in [-0.3, -0.25) is 0 Å². The molecule has 2 fully saturated rings. The lowest BCUT2D eigenvalue weighted by atomic mass is 9.56. The van der Waals surface area contributed by atoms with E-state index in [2.05, 4.69) is 41.5 Å². The van der Waals surface area contributed by atoms with Gasteiger partial charge in [0.15, 0.2) is 0 Å². The van der Waals surface area contributed by atoms with E-state index in [0.29, 0.717) is 10.8 Å². The highest BCUT2D eigenvalue weighted by Crippen LogP contribution is 2.54. The Balaban J connectivity index is 1.88. The molecule has 1 spiro atoms. The van der Waals surface area contributed by atoms with Gasteiger partial charge in [-0.2, -0.15) is 0 Å². The Labute approximate surface area is 121 Å². The van der Waals surface area contributed by atoms with Gasteiger partial charge in [0.1, 0.15) is 0 Å². The Morgan fingerprint density at radius 3 is 1.05 bits per heavy atom. The monoisotopic (exact) mass is 264 g/mol. The quantitative estimate of drug-likeness (QED) is 0.472. The molecule has 0 N–H and O–H groups in total. The summed E-state index contributed by atoms with van der Waals surface area (Å²) in [4.78, 5) is 0. The molecule has 2 rings (SSSR count). The zero-order valence-electron chi connectivity index (χ0n) is 14.3. The van der Waals surface area contributed by atoms with E-state index in [1.165, 1.54) is 51.4 Å². The Kier molecular flexibility index (Phi) is 4.11. The van der Waals surface area contributed by atoms with E-state index in [0.717, 1.165) is 17.3 Å². The molecule has 0 aromatic heterocycles. The van der Waals surface area contributed by atoms with Crippen molar-refractivity contribution in [1.82, 2.24) is 0 Å². The van der Waals surface area contributed by atoms with Crippen LogP contribution in [0.15, 0.2) is 0 Å². The van der Waals surface area contributed by atoms with Gasteiger partial charge < -0.3 is 0 Å². The van der Waals surface area contributed by atoms with Gasteiger partial charge in [0.2, 0.25) is 0 Å². The lowest BCUT2D eigenvalue weighted by Gasteiger charge is -2.49. The van der Waals surface area contributed by atoms with Crippen LogP contribution in [-0.2, 0) is 0 Å². The lowest BCUT2D eigenvalue weighted by Crippen LogP contribution is -2.37. The second-order valence-electron chi connectivity index (χ2n) is 9.78. The van der Waals surface area contributed by atoms with Gasteiger partial charge in [-0.15, -0.1) is 0 Å². The molecular weight excluding hydrogens is 228 g/mol. The smallest absolute Gasteiger partial charge is 0.0297 e. The van der Waals surface area contributed by atoms with E-state index in [1.807, 2.05) is 0 Å². The third-order valence-corrected chi connectivity index (χ3v) is 6.54. The average molecular weight is 264 g/mol. The summed E-state index contributed by atoms with van der Waals surface area (Å²) >= 11 is 0. The molecule has 2 aliphatic carbocycles. The maximum atomic E-state index is 2.44. The second kappa shape index (κ2) is 5.08. The Morgan fingerprint density at radius 1 is 0.579 bits per heavy atom. The third kappa shape index (κ3) is 3.56. The molecule has 112 valence electrons. The topological polar surface area (TPSA) is 0 Å². The Morgan fingerprint density at radius 2 is 0.842 bits per heavy atom. The maximum Gasteiger partial charge on any atom is -0.0297 e. The largest absolute Gasteiger partial charge is 0.0599 e. The molecule has 0 saturated heterocycles. The standard InChI is InChI=1S/C19H36/c1-17(2,3)15-7-11-19(12-8-15)13-9-16(10-14-19)18(4,5)6/h15-16H,7-14H2,1-6H3. The molecule has 0 amide bonds. The Hall–Kier alpha value is 0. The van der Waals surface area contributed by atoms with Crippen molar-refractivity contribution in [2.75, 3.05) is 0 Å². The number of hydrogen-bond acceptors (Lipinski definition) is 0. The summed E-state index contributed by atoms with van der Waals surface area (Å²) in [6.07, 6.45) is 12.0. The van der Waals surface area contributed by atoms with Crippen LogP contribution in [0.5, 0.6) is 0 Å². The molecule has 0 bridgehead atoms. The number of rotatable bonds is 0. The minimum atomic E-state index is 0.532. The molecule has 2 aliphatic rings. The van der Waals surface area contributed by atoms with E-state index >= 15 is 0 Å². The van der Waals surface area contributed by atoms with E-state index in [-0.39, 0.29) is 0 Å². The van der Waals surface area contributed by atoms with E-state index in [9.17, 15) is 0 Å². The van der Waals surface area contributed by atoms with Gasteiger partial charge in [-0.1, -0.05) is 41.5 Å². The highest BCUT2D eigenvalue weighted by Gasteiger charge is 2.42. The molecule has 0 heterocycles. The minimum Gasteiger partial charge on any atom is -0.0599 e. The normalized spacial score (nSPS) is 37.6. The highest BCUT2D eigenvalue weighted by molar-refractivity contribution is 4.93. The first kappa shape index (κ1) is 15.4. The van der Waals surface area contributed by atoms with Crippen molar-refractivity contribution >= 4 is 0 Å². The summed E-state index contributed by atoms with van der Waals surface area (Å²) < 4.78 is 0. The predicted octanol–water partition coefficient (Wildman–Crippen LogP) is 6.45. The van der Waals surface area contributed by atoms with Crippen molar-refractivity contribution in [3.63, 3.8) is 0 Å². The molecule has 2 saturated carbocycles. The van der Waals surface area contributed by atoms with E-state index in [4.69, 9.17) is 0 Å². The third-order valence-electron chi connectivity index (χ3n) is 6.54. The summed E-state index contributed by atoms with van der Waals surface area (Å²) in [5, 5.41) is 0. The maximum absolute atomic E-state index is 2.44. The van der Waals surface area contributed by atoms with Crippen LogP contribution in [0, 0.1) is 28.1 Å². The van der Waals surface area contributed by atoms with E-state index in [1.54, 1.807) is 0 Å². The molecule has 0 unspecified atom stereocenters. The van der Waals surface area contributed by atoms with Crippen LogP contribution in [0.1, 0.15) is 92.9 Å². The summed E-state index contributed by atoms with van der Waals surface area (Å²) in [5.41, 5.74) is 1.82. The predicted molar refractivity (Wildman–Crippen MR) is 85.3 cm³/mol. The summed E-state index contributed by atoms with van der Waals surface area (Å²) in [5.74, 6) is 1.94. The first-order chi connectivity index (χ1) is 8.62. The van der Waals surface area contributed by atoms with Gasteiger partial charge in [-0.05, 0) is 79.4 Å². The molecular formula is C19H36. The van der Waals surface area contributed by atoms with Crippen molar-refractivity contribution in [3.05, 3.63) is 0 Å². The van der Waals surface area contributed by atoms with Crippen molar-refractivity contribution in [2.24, 2.45) is 28.1 Å². The van der Waals surface area contributed by atoms with Crippen LogP contribution < -0.4 is 0 Å². The van der Waals surface area contributed by atoms with Crippen LogP contribution in [0.4, 0.5) is 0 Å². The molecule has 0 atom stereocenters. The van der Waals surface area contributed by atoms with Gasteiger partial charge in [0, 0.05) is 0 Å². The van der Waals surface area contributed by atoms with Gasteiger partial charge in [0.25, 0.3) is 0 Å². The summed E-state index contributed by atoms with van der Waals surface area (Å²) in [6.45, 7) is 14.6. The second-order valence-corrected chi connectivity index (χ2v) is 9.78. The number of hydrogen-bond donors (Lipinski definition) is 0. The molecule has 0 aromatic carbocycles. The molecule has 0 heteroatoms. The van der Waals surface area contributed by atoms with Crippen LogP contribution >= 0.6 is 0 Å². The fourth-order valence-electron chi connectivity index (χ4n) is 4.69. The van der Waals surface area contributed by atoms with E-state index < -0.39 is 0 Å². The van der Waals surface area contributed by atoms with Crippen LogP contribution in [0.3, 0.4) is 0 Å². The molecule has 0 aromatic rings.